The van der Waals surface area contributed by atoms with E-state index in [-0.39, 0.29) is 17.3 Å². The predicted molar refractivity (Wildman–Crippen MR) is 152 cm³/mol. The molecule has 7 nitrogen and oxygen atoms in total. The van der Waals surface area contributed by atoms with Crippen molar-refractivity contribution in [1.29, 1.82) is 0 Å². The second kappa shape index (κ2) is 13.4. The molecule has 3 rings (SSSR count). The van der Waals surface area contributed by atoms with E-state index in [4.69, 9.17) is 11.6 Å². The number of nitrogens with one attached hydrogen (secondary N) is 1. The van der Waals surface area contributed by atoms with Crippen LogP contribution in [0, 0.1) is 6.92 Å². The minimum Gasteiger partial charge on any atom is -0.354 e. The Balaban J connectivity index is 2.06. The van der Waals surface area contributed by atoms with Crippen molar-refractivity contribution in [2.45, 2.75) is 51.1 Å². The normalized spacial score (nSPS) is 12.0. The van der Waals surface area contributed by atoms with E-state index in [0.717, 1.165) is 16.3 Å². The summed E-state index contributed by atoms with van der Waals surface area (Å²) in [4.78, 5) is 28.6. The van der Waals surface area contributed by atoms with Crippen molar-refractivity contribution in [3.8, 4) is 0 Å². The number of halogens is 1. The Morgan fingerprint density at radius 1 is 0.947 bits per heavy atom. The van der Waals surface area contributed by atoms with Gasteiger partial charge in [-0.25, -0.2) is 8.42 Å². The van der Waals surface area contributed by atoms with E-state index in [1.165, 1.54) is 17.0 Å². The third-order valence-electron chi connectivity index (χ3n) is 6.17. The van der Waals surface area contributed by atoms with Crippen LogP contribution in [0.15, 0.2) is 83.8 Å². The molecule has 1 atom stereocenters. The molecule has 0 radical (unpaired) electrons. The lowest BCUT2D eigenvalue weighted by Gasteiger charge is -2.33. The van der Waals surface area contributed by atoms with Crippen molar-refractivity contribution in [3.05, 3.63) is 95.0 Å². The Labute approximate surface area is 230 Å². The number of carbonyl (C=O) groups excluding carboxylic acids is 2. The van der Waals surface area contributed by atoms with Gasteiger partial charge in [0.2, 0.25) is 11.8 Å². The van der Waals surface area contributed by atoms with Crippen molar-refractivity contribution < 1.29 is 18.0 Å². The Morgan fingerprint density at radius 3 is 2.16 bits per heavy atom. The third-order valence-corrected chi connectivity index (χ3v) is 8.18. The van der Waals surface area contributed by atoms with Gasteiger partial charge in [0.05, 0.1) is 10.6 Å². The molecule has 0 aliphatic carbocycles. The highest BCUT2D eigenvalue weighted by Crippen LogP contribution is 2.29. The zero-order valence-corrected chi connectivity index (χ0v) is 23.5. The van der Waals surface area contributed by atoms with Crippen LogP contribution < -0.4 is 9.62 Å². The molecule has 0 spiro atoms. The van der Waals surface area contributed by atoms with Gasteiger partial charge in [-0.3, -0.25) is 13.9 Å². The molecular formula is C29H34ClN3O4S. The van der Waals surface area contributed by atoms with Gasteiger partial charge in [-0.15, -0.1) is 0 Å². The van der Waals surface area contributed by atoms with E-state index >= 15 is 0 Å². The van der Waals surface area contributed by atoms with E-state index in [1.807, 2.05) is 44.2 Å². The van der Waals surface area contributed by atoms with Crippen LogP contribution in [-0.4, -0.2) is 44.3 Å². The molecule has 0 aliphatic rings. The number of rotatable bonds is 12. The fourth-order valence-electron chi connectivity index (χ4n) is 4.20. The number of hydrogen-bond donors (Lipinski definition) is 1. The minimum atomic E-state index is -4.12. The van der Waals surface area contributed by atoms with Gasteiger partial charge >= 0.3 is 0 Å². The molecule has 1 N–H and O–H groups in total. The van der Waals surface area contributed by atoms with Gasteiger partial charge in [-0.1, -0.05) is 74.0 Å². The van der Waals surface area contributed by atoms with Crippen LogP contribution in [0.2, 0.25) is 5.02 Å². The second-order valence-corrected chi connectivity index (χ2v) is 11.3. The average molecular weight is 556 g/mol. The summed E-state index contributed by atoms with van der Waals surface area (Å²) in [5.74, 6) is -0.750. The highest BCUT2D eigenvalue weighted by atomic mass is 35.5. The highest BCUT2D eigenvalue weighted by Gasteiger charge is 2.34. The molecule has 0 fully saturated rings. The van der Waals surface area contributed by atoms with Gasteiger partial charge in [0, 0.05) is 18.1 Å². The standard InChI is InChI=1S/C29H34ClN3O4S/c1-4-18-31-29(35)26(5-2)32(20-23-12-8-6-9-13-23)28(34)21-33(27-17-16-24(30)19-22(27)3)38(36,37)25-14-10-7-11-15-25/h6-17,19,26H,4-5,18,20-21H2,1-3H3,(H,31,35)/t26-/m0/s1. The molecule has 0 saturated carbocycles. The lowest BCUT2D eigenvalue weighted by atomic mass is 10.1. The van der Waals surface area contributed by atoms with Crippen molar-refractivity contribution in [2.24, 2.45) is 0 Å². The molecular weight excluding hydrogens is 522 g/mol. The number of nitrogens with zero attached hydrogens (tertiary/aromatic N) is 2. The summed E-state index contributed by atoms with van der Waals surface area (Å²) in [6, 6.07) is 21.4. The summed E-state index contributed by atoms with van der Waals surface area (Å²) < 4.78 is 28.8. The Bertz CT molecular complexity index is 1330. The van der Waals surface area contributed by atoms with Gasteiger partial charge in [0.15, 0.2) is 0 Å². The summed E-state index contributed by atoms with van der Waals surface area (Å²) in [6.07, 6.45) is 1.13. The smallest absolute Gasteiger partial charge is 0.264 e. The Morgan fingerprint density at radius 2 is 1.58 bits per heavy atom. The third kappa shape index (κ3) is 7.14. The molecule has 38 heavy (non-hydrogen) atoms. The fourth-order valence-corrected chi connectivity index (χ4v) is 5.92. The number of amides is 2. The summed E-state index contributed by atoms with van der Waals surface area (Å²) in [7, 11) is -4.12. The molecule has 3 aromatic carbocycles. The SMILES string of the molecule is CCCNC(=O)[C@H](CC)N(Cc1ccccc1)C(=O)CN(c1ccc(Cl)cc1C)S(=O)(=O)c1ccccc1. The first-order valence-corrected chi connectivity index (χ1v) is 14.5. The van der Waals surface area contributed by atoms with Crippen LogP contribution in [0.4, 0.5) is 5.69 Å². The predicted octanol–water partition coefficient (Wildman–Crippen LogP) is 5.18. The molecule has 0 bridgehead atoms. The van der Waals surface area contributed by atoms with Crippen molar-refractivity contribution in [1.82, 2.24) is 10.2 Å². The topological polar surface area (TPSA) is 86.8 Å². The van der Waals surface area contributed by atoms with Crippen LogP contribution in [0.5, 0.6) is 0 Å². The van der Waals surface area contributed by atoms with Crippen molar-refractivity contribution in [3.63, 3.8) is 0 Å². The maximum absolute atomic E-state index is 14.0. The number of benzene rings is 3. The first-order valence-electron chi connectivity index (χ1n) is 12.6. The fraction of sp³-hybridized carbons (Fsp3) is 0.310. The summed E-state index contributed by atoms with van der Waals surface area (Å²) in [5, 5.41) is 3.34. The monoisotopic (exact) mass is 555 g/mol. The summed E-state index contributed by atoms with van der Waals surface area (Å²) in [5.41, 5.74) is 1.78. The van der Waals surface area contributed by atoms with E-state index in [0.29, 0.717) is 29.2 Å². The number of aryl methyl sites for hydroxylation is 1. The molecule has 9 heteroatoms. The number of anilines is 1. The molecule has 0 aromatic heterocycles. The van der Waals surface area contributed by atoms with Crippen LogP contribution in [0.1, 0.15) is 37.8 Å². The molecule has 0 aliphatic heterocycles. The Hall–Kier alpha value is -3.36. The average Bonchev–Trinajstić information content (AvgIpc) is 2.91. The summed E-state index contributed by atoms with van der Waals surface area (Å²) >= 11 is 6.15. The van der Waals surface area contributed by atoms with Gasteiger partial charge < -0.3 is 10.2 Å². The molecule has 3 aromatic rings. The molecule has 0 saturated heterocycles. The van der Waals surface area contributed by atoms with E-state index in [2.05, 4.69) is 5.32 Å². The van der Waals surface area contributed by atoms with Gasteiger partial charge in [0.25, 0.3) is 10.0 Å². The lowest BCUT2D eigenvalue weighted by Crippen LogP contribution is -2.52. The largest absolute Gasteiger partial charge is 0.354 e. The first kappa shape index (κ1) is 29.2. The maximum Gasteiger partial charge on any atom is 0.264 e. The van der Waals surface area contributed by atoms with E-state index in [9.17, 15) is 18.0 Å². The van der Waals surface area contributed by atoms with Crippen molar-refractivity contribution in [2.75, 3.05) is 17.4 Å². The highest BCUT2D eigenvalue weighted by molar-refractivity contribution is 7.92. The summed E-state index contributed by atoms with van der Waals surface area (Å²) in [6.45, 7) is 5.70. The quantitative estimate of drug-likeness (QED) is 0.334. The lowest BCUT2D eigenvalue weighted by molar-refractivity contribution is -0.140. The van der Waals surface area contributed by atoms with E-state index in [1.54, 1.807) is 43.3 Å². The van der Waals surface area contributed by atoms with E-state index < -0.39 is 28.5 Å². The molecule has 0 unspecified atom stereocenters. The van der Waals surface area contributed by atoms with Crippen molar-refractivity contribution >= 4 is 39.1 Å². The first-order chi connectivity index (χ1) is 18.2. The zero-order chi connectivity index (χ0) is 27.7. The number of sulfonamides is 1. The van der Waals surface area contributed by atoms with Gasteiger partial charge in [-0.05, 0) is 61.2 Å². The minimum absolute atomic E-state index is 0.0597. The van der Waals surface area contributed by atoms with Crippen LogP contribution in [-0.2, 0) is 26.2 Å². The van der Waals surface area contributed by atoms with Crippen LogP contribution in [0.3, 0.4) is 0 Å². The molecule has 0 heterocycles. The van der Waals surface area contributed by atoms with Gasteiger partial charge in [-0.2, -0.15) is 0 Å². The van der Waals surface area contributed by atoms with Crippen LogP contribution >= 0.6 is 11.6 Å². The zero-order valence-electron chi connectivity index (χ0n) is 21.9. The van der Waals surface area contributed by atoms with Crippen LogP contribution in [0.25, 0.3) is 0 Å². The number of hydrogen-bond acceptors (Lipinski definition) is 4. The van der Waals surface area contributed by atoms with Gasteiger partial charge in [0.1, 0.15) is 12.6 Å². The number of carbonyl (C=O) groups is 2. The maximum atomic E-state index is 14.0. The molecule has 202 valence electrons. The Kier molecular flexibility index (Phi) is 10.3. The molecule has 2 amide bonds. The second-order valence-electron chi connectivity index (χ2n) is 8.98.